The molecule has 0 aromatic carbocycles. The number of fused-ring (bicyclic) bond motifs is 3. The van der Waals surface area contributed by atoms with Crippen LogP contribution in [0.25, 0.3) is 0 Å². The van der Waals surface area contributed by atoms with E-state index >= 15 is 0 Å². The van der Waals surface area contributed by atoms with Crippen molar-refractivity contribution < 1.29 is 9.90 Å². The normalized spacial score (nSPS) is 57.7. The molecule has 0 amide bonds. The van der Waals surface area contributed by atoms with E-state index in [2.05, 4.69) is 6.92 Å². The molecule has 1 spiro atoms. The van der Waals surface area contributed by atoms with Crippen LogP contribution >= 0.6 is 0 Å². The number of hydrogen-bond acceptors (Lipinski definition) is 2. The Labute approximate surface area is 127 Å². The summed E-state index contributed by atoms with van der Waals surface area (Å²) in [5.41, 5.74) is 2.15. The summed E-state index contributed by atoms with van der Waals surface area (Å²) < 4.78 is 0. The Hall–Kier alpha value is -0.630. The second-order valence-corrected chi connectivity index (χ2v) is 8.79. The van der Waals surface area contributed by atoms with Crippen LogP contribution in [0.3, 0.4) is 0 Å². The Kier molecular flexibility index (Phi) is 2.34. The molecule has 0 radical (unpaired) electrons. The topological polar surface area (TPSA) is 37.3 Å². The molecule has 2 nitrogen and oxygen atoms in total. The van der Waals surface area contributed by atoms with Crippen LogP contribution < -0.4 is 0 Å². The highest BCUT2D eigenvalue weighted by Crippen LogP contribution is 2.81. The summed E-state index contributed by atoms with van der Waals surface area (Å²) in [5.74, 6) is 3.50. The van der Waals surface area contributed by atoms with Crippen molar-refractivity contribution in [3.8, 4) is 0 Å². The third-order valence-corrected chi connectivity index (χ3v) is 8.42. The van der Waals surface area contributed by atoms with Crippen LogP contribution in [-0.2, 0) is 4.79 Å². The third-order valence-electron chi connectivity index (χ3n) is 8.42. The van der Waals surface area contributed by atoms with Gasteiger partial charge in [0.1, 0.15) is 0 Å². The van der Waals surface area contributed by atoms with Crippen molar-refractivity contribution in [2.24, 2.45) is 34.5 Å². The molecular weight excluding hydrogens is 260 g/mol. The van der Waals surface area contributed by atoms with Gasteiger partial charge in [0.15, 0.2) is 5.78 Å². The van der Waals surface area contributed by atoms with Crippen molar-refractivity contribution in [3.63, 3.8) is 0 Å². The highest BCUT2D eigenvalue weighted by atomic mass is 16.3. The zero-order valence-electron chi connectivity index (χ0n) is 13.0. The zero-order chi connectivity index (χ0) is 14.4. The van der Waals surface area contributed by atoms with Crippen LogP contribution in [-0.4, -0.2) is 17.0 Å². The monoisotopic (exact) mass is 286 g/mol. The van der Waals surface area contributed by atoms with Gasteiger partial charge in [0.05, 0.1) is 6.10 Å². The van der Waals surface area contributed by atoms with E-state index in [0.29, 0.717) is 17.1 Å². The lowest BCUT2D eigenvalue weighted by atomic mass is 9.49. The molecular formula is C19H26O2. The highest BCUT2D eigenvalue weighted by Gasteiger charge is 2.76. The van der Waals surface area contributed by atoms with Gasteiger partial charge in [-0.3, -0.25) is 4.79 Å². The van der Waals surface area contributed by atoms with Gasteiger partial charge in [0.25, 0.3) is 0 Å². The van der Waals surface area contributed by atoms with Gasteiger partial charge in [-0.05, 0) is 85.5 Å². The van der Waals surface area contributed by atoms with Crippen LogP contribution in [0, 0.1) is 34.5 Å². The summed E-state index contributed by atoms with van der Waals surface area (Å²) in [6.45, 7) is 2.39. The van der Waals surface area contributed by atoms with E-state index in [0.717, 1.165) is 43.4 Å². The van der Waals surface area contributed by atoms with Crippen molar-refractivity contribution in [2.45, 2.75) is 64.4 Å². The number of carbonyl (C=O) groups excluding carboxylic acids is 1. The Morgan fingerprint density at radius 3 is 2.95 bits per heavy atom. The fourth-order valence-electron chi connectivity index (χ4n) is 7.40. The molecule has 114 valence electrons. The van der Waals surface area contributed by atoms with Gasteiger partial charge in [-0.25, -0.2) is 0 Å². The first-order chi connectivity index (χ1) is 10.1. The molecule has 21 heavy (non-hydrogen) atoms. The van der Waals surface area contributed by atoms with E-state index in [1.54, 1.807) is 0 Å². The molecule has 0 heterocycles. The fraction of sp³-hybridized carbons (Fsp3) is 0.842. The van der Waals surface area contributed by atoms with Crippen LogP contribution in [0.4, 0.5) is 0 Å². The van der Waals surface area contributed by atoms with E-state index in [-0.39, 0.29) is 11.5 Å². The van der Waals surface area contributed by atoms with Crippen LogP contribution in [0.2, 0.25) is 0 Å². The van der Waals surface area contributed by atoms with E-state index in [4.69, 9.17) is 0 Å². The molecule has 1 N–H and O–H groups in total. The SMILES string of the molecule is C[C@]12CCC3C4CCC(=O)C=C4CCC3C13CC3C[C@@H]2O. The lowest BCUT2D eigenvalue weighted by Crippen LogP contribution is -2.50. The summed E-state index contributed by atoms with van der Waals surface area (Å²) in [7, 11) is 0. The van der Waals surface area contributed by atoms with Gasteiger partial charge in [-0.15, -0.1) is 0 Å². The van der Waals surface area contributed by atoms with Crippen LogP contribution in [0.1, 0.15) is 58.3 Å². The van der Waals surface area contributed by atoms with Crippen molar-refractivity contribution >= 4 is 5.78 Å². The standard InChI is InChI=1S/C19H26O2/c1-18-7-6-15-14-4-3-13(20)8-11(14)2-5-16(15)19(18)10-12(19)9-17(18)21/h8,12,14-17,21H,2-7,9-10H2,1H3/t12?,14?,15?,16?,17-,18+,19?/m0/s1. The van der Waals surface area contributed by atoms with Gasteiger partial charge in [-0.2, -0.15) is 0 Å². The van der Waals surface area contributed by atoms with Crippen molar-refractivity contribution in [3.05, 3.63) is 11.6 Å². The molecule has 0 aromatic rings. The maximum absolute atomic E-state index is 11.7. The van der Waals surface area contributed by atoms with Gasteiger partial charge in [0, 0.05) is 6.42 Å². The number of ketones is 1. The number of rotatable bonds is 0. The van der Waals surface area contributed by atoms with Crippen molar-refractivity contribution in [2.75, 3.05) is 0 Å². The first-order valence-corrected chi connectivity index (χ1v) is 8.97. The number of hydrogen-bond donors (Lipinski definition) is 1. The summed E-state index contributed by atoms with van der Waals surface area (Å²) in [5, 5.41) is 10.6. The van der Waals surface area contributed by atoms with Crippen LogP contribution in [0.15, 0.2) is 11.6 Å². The first kappa shape index (κ1) is 12.9. The molecule has 5 aliphatic rings. The predicted octanol–water partition coefficient (Wildman–Crippen LogP) is 3.49. The van der Waals surface area contributed by atoms with Crippen molar-refractivity contribution in [1.29, 1.82) is 0 Å². The predicted molar refractivity (Wildman–Crippen MR) is 80.5 cm³/mol. The second-order valence-electron chi connectivity index (χ2n) is 8.79. The Balaban J connectivity index is 1.53. The Morgan fingerprint density at radius 1 is 1.24 bits per heavy atom. The molecule has 5 aliphatic carbocycles. The minimum Gasteiger partial charge on any atom is -0.393 e. The van der Waals surface area contributed by atoms with E-state index in [1.165, 1.54) is 31.3 Å². The van der Waals surface area contributed by atoms with Gasteiger partial charge >= 0.3 is 0 Å². The summed E-state index contributed by atoms with van der Waals surface area (Å²) in [6.07, 6.45) is 11.2. The highest BCUT2D eigenvalue weighted by molar-refractivity contribution is 5.91. The molecule has 5 unspecified atom stereocenters. The number of aliphatic hydroxyl groups excluding tert-OH is 1. The zero-order valence-corrected chi connectivity index (χ0v) is 13.0. The molecule has 0 aliphatic heterocycles. The number of carbonyl (C=O) groups is 1. The quantitative estimate of drug-likeness (QED) is 0.740. The van der Waals surface area contributed by atoms with E-state index in [9.17, 15) is 9.90 Å². The molecule has 0 bridgehead atoms. The average molecular weight is 286 g/mol. The van der Waals surface area contributed by atoms with Crippen LogP contribution in [0.5, 0.6) is 0 Å². The molecule has 0 aromatic heterocycles. The van der Waals surface area contributed by atoms with Gasteiger partial charge < -0.3 is 5.11 Å². The van der Waals surface area contributed by atoms with E-state index < -0.39 is 0 Å². The Bertz CT molecular complexity index is 550. The van der Waals surface area contributed by atoms with Gasteiger partial charge in [-0.1, -0.05) is 12.5 Å². The average Bonchev–Trinajstić information content (AvgIpc) is 3.12. The number of aliphatic hydroxyl groups is 1. The first-order valence-electron chi connectivity index (χ1n) is 8.97. The molecule has 4 fully saturated rings. The lowest BCUT2D eigenvalue weighted by Gasteiger charge is -2.55. The fourth-order valence-corrected chi connectivity index (χ4v) is 7.40. The maximum Gasteiger partial charge on any atom is 0.155 e. The lowest BCUT2D eigenvalue weighted by molar-refractivity contribution is -0.116. The summed E-state index contributed by atoms with van der Waals surface area (Å²) in [6, 6.07) is 0. The van der Waals surface area contributed by atoms with Gasteiger partial charge in [0.2, 0.25) is 0 Å². The molecule has 5 rings (SSSR count). The third kappa shape index (κ3) is 1.37. The molecule has 2 heteroatoms. The minimum absolute atomic E-state index is 0.0536. The van der Waals surface area contributed by atoms with E-state index in [1.807, 2.05) is 6.08 Å². The molecule has 4 saturated carbocycles. The Morgan fingerprint density at radius 2 is 2.10 bits per heavy atom. The molecule has 7 atom stereocenters. The summed E-state index contributed by atoms with van der Waals surface area (Å²) >= 11 is 0. The second kappa shape index (κ2) is 3.82. The molecule has 0 saturated heterocycles. The maximum atomic E-state index is 11.7. The minimum atomic E-state index is -0.0536. The summed E-state index contributed by atoms with van der Waals surface area (Å²) in [4.78, 5) is 11.7. The smallest absolute Gasteiger partial charge is 0.155 e. The van der Waals surface area contributed by atoms with Crippen molar-refractivity contribution in [1.82, 2.24) is 0 Å². The largest absolute Gasteiger partial charge is 0.393 e. The number of allylic oxidation sites excluding steroid dienone is 1.